The number of nitrogens with one attached hydrogen (secondary N) is 1. The first-order chi connectivity index (χ1) is 8.22. The lowest BCUT2D eigenvalue weighted by Crippen LogP contribution is -2.47. The maximum atomic E-state index is 12.1. The number of hydrogen-bond acceptors (Lipinski definition) is 3. The van der Waals surface area contributed by atoms with Crippen LogP contribution >= 0.6 is 0 Å². The lowest BCUT2D eigenvalue weighted by Gasteiger charge is -2.35. The fourth-order valence-corrected chi connectivity index (χ4v) is 3.90. The molecule has 3 unspecified atom stereocenters. The molecule has 3 aliphatic heterocycles. The van der Waals surface area contributed by atoms with Gasteiger partial charge in [0.1, 0.15) is 5.78 Å². The second-order valence-corrected chi connectivity index (χ2v) is 6.31. The molecule has 0 radical (unpaired) electrons. The number of Topliss-reactive ketones (excluding diaryl/α,β-unsaturated/α-hetero) is 1. The minimum atomic E-state index is 0.335. The second kappa shape index (κ2) is 4.69. The van der Waals surface area contributed by atoms with Crippen LogP contribution in [-0.2, 0) is 4.79 Å². The van der Waals surface area contributed by atoms with Gasteiger partial charge >= 0.3 is 0 Å². The number of piperidine rings is 2. The van der Waals surface area contributed by atoms with Gasteiger partial charge in [0.15, 0.2) is 0 Å². The molecule has 17 heavy (non-hydrogen) atoms. The van der Waals surface area contributed by atoms with Crippen molar-refractivity contribution in [2.45, 2.75) is 50.6 Å². The minimum absolute atomic E-state index is 0.335. The SMILES string of the molecule is CN1CCC(CC2C(=O)CC3CCC2N3)CC1. The smallest absolute Gasteiger partial charge is 0.139 e. The minimum Gasteiger partial charge on any atom is -0.310 e. The topological polar surface area (TPSA) is 32.3 Å². The van der Waals surface area contributed by atoms with Crippen LogP contribution in [0.1, 0.15) is 38.5 Å². The molecule has 3 heteroatoms. The zero-order valence-corrected chi connectivity index (χ0v) is 10.8. The van der Waals surface area contributed by atoms with Crippen molar-refractivity contribution in [2.24, 2.45) is 11.8 Å². The summed E-state index contributed by atoms with van der Waals surface area (Å²) in [5, 5.41) is 3.64. The quantitative estimate of drug-likeness (QED) is 0.787. The van der Waals surface area contributed by atoms with Crippen molar-refractivity contribution in [3.05, 3.63) is 0 Å². The van der Waals surface area contributed by atoms with Crippen molar-refractivity contribution in [3.63, 3.8) is 0 Å². The van der Waals surface area contributed by atoms with E-state index in [-0.39, 0.29) is 0 Å². The van der Waals surface area contributed by atoms with Crippen LogP contribution in [0.3, 0.4) is 0 Å². The van der Waals surface area contributed by atoms with Crippen LogP contribution in [-0.4, -0.2) is 42.9 Å². The Hall–Kier alpha value is -0.410. The zero-order chi connectivity index (χ0) is 11.8. The number of carbonyl (C=O) groups is 1. The molecule has 0 spiro atoms. The van der Waals surface area contributed by atoms with Gasteiger partial charge in [0.25, 0.3) is 0 Å². The highest BCUT2D eigenvalue weighted by molar-refractivity contribution is 5.83. The Morgan fingerprint density at radius 3 is 2.76 bits per heavy atom. The van der Waals surface area contributed by atoms with Crippen LogP contribution in [0.15, 0.2) is 0 Å². The third kappa shape index (κ3) is 2.41. The van der Waals surface area contributed by atoms with Gasteiger partial charge in [0.05, 0.1) is 0 Å². The zero-order valence-electron chi connectivity index (χ0n) is 10.8. The summed E-state index contributed by atoms with van der Waals surface area (Å²) in [5.41, 5.74) is 0. The van der Waals surface area contributed by atoms with E-state index in [2.05, 4.69) is 17.3 Å². The number of nitrogens with zero attached hydrogens (tertiary/aromatic N) is 1. The fraction of sp³-hybridized carbons (Fsp3) is 0.929. The summed E-state index contributed by atoms with van der Waals surface area (Å²) in [6, 6.07) is 1.03. The summed E-state index contributed by atoms with van der Waals surface area (Å²) in [6.07, 6.45) is 6.98. The number of rotatable bonds is 2. The van der Waals surface area contributed by atoms with Gasteiger partial charge < -0.3 is 10.2 Å². The predicted molar refractivity (Wildman–Crippen MR) is 67.9 cm³/mol. The molecule has 3 fully saturated rings. The third-order valence-corrected chi connectivity index (χ3v) is 5.05. The Morgan fingerprint density at radius 2 is 2.00 bits per heavy atom. The van der Waals surface area contributed by atoms with E-state index < -0.39 is 0 Å². The molecule has 3 heterocycles. The lowest BCUT2D eigenvalue weighted by molar-refractivity contribution is -0.126. The van der Waals surface area contributed by atoms with E-state index in [4.69, 9.17) is 0 Å². The number of carbonyl (C=O) groups excluding carboxylic acids is 1. The van der Waals surface area contributed by atoms with Crippen LogP contribution in [0, 0.1) is 11.8 Å². The normalized spacial score (nSPS) is 39.8. The van der Waals surface area contributed by atoms with E-state index in [0.717, 1.165) is 18.8 Å². The molecule has 3 aliphatic rings. The summed E-state index contributed by atoms with van der Waals surface area (Å²) in [7, 11) is 2.20. The lowest BCUT2D eigenvalue weighted by atomic mass is 9.80. The Bertz CT molecular complexity index is 297. The summed E-state index contributed by atoms with van der Waals surface area (Å²) in [4.78, 5) is 14.5. The molecule has 0 aromatic rings. The van der Waals surface area contributed by atoms with Gasteiger partial charge in [-0.2, -0.15) is 0 Å². The highest BCUT2D eigenvalue weighted by atomic mass is 16.1. The van der Waals surface area contributed by atoms with Gasteiger partial charge in [0, 0.05) is 24.4 Å². The fourth-order valence-electron chi connectivity index (χ4n) is 3.90. The van der Waals surface area contributed by atoms with Crippen molar-refractivity contribution < 1.29 is 4.79 Å². The van der Waals surface area contributed by atoms with Gasteiger partial charge in [-0.05, 0) is 58.2 Å². The van der Waals surface area contributed by atoms with Crippen LogP contribution in [0.4, 0.5) is 0 Å². The first kappa shape index (κ1) is 11.7. The Morgan fingerprint density at radius 1 is 1.24 bits per heavy atom. The number of hydrogen-bond donors (Lipinski definition) is 1. The summed E-state index contributed by atoms with van der Waals surface area (Å²) >= 11 is 0. The molecule has 3 rings (SSSR count). The standard InChI is InChI=1S/C14H24N2O/c1-16-6-4-10(5-7-16)8-12-13-3-2-11(15-13)9-14(12)17/h10-13,15H,2-9H2,1H3. The van der Waals surface area contributed by atoms with Gasteiger partial charge in [0.2, 0.25) is 0 Å². The van der Waals surface area contributed by atoms with Crippen molar-refractivity contribution in [1.29, 1.82) is 0 Å². The van der Waals surface area contributed by atoms with Gasteiger partial charge in [-0.3, -0.25) is 4.79 Å². The number of likely N-dealkylation sites (tertiary alicyclic amines) is 1. The average Bonchev–Trinajstić information content (AvgIpc) is 2.71. The molecule has 3 saturated heterocycles. The second-order valence-electron chi connectivity index (χ2n) is 6.31. The van der Waals surface area contributed by atoms with E-state index in [9.17, 15) is 4.79 Å². The molecular formula is C14H24N2O. The number of ketones is 1. The molecule has 3 nitrogen and oxygen atoms in total. The Balaban J connectivity index is 1.58. The molecule has 0 saturated carbocycles. The van der Waals surface area contributed by atoms with Crippen molar-refractivity contribution >= 4 is 5.78 Å². The van der Waals surface area contributed by atoms with Crippen LogP contribution in [0.2, 0.25) is 0 Å². The Labute approximate surface area is 104 Å². The van der Waals surface area contributed by atoms with Gasteiger partial charge in [-0.25, -0.2) is 0 Å². The molecule has 0 aromatic carbocycles. The maximum Gasteiger partial charge on any atom is 0.139 e. The van der Waals surface area contributed by atoms with E-state index in [1.165, 1.54) is 38.8 Å². The predicted octanol–water partition coefficient (Wildman–Crippen LogP) is 1.43. The average molecular weight is 236 g/mol. The van der Waals surface area contributed by atoms with E-state index in [1.807, 2.05) is 0 Å². The largest absolute Gasteiger partial charge is 0.310 e. The summed E-state index contributed by atoms with van der Waals surface area (Å²) < 4.78 is 0. The van der Waals surface area contributed by atoms with Gasteiger partial charge in [-0.1, -0.05) is 0 Å². The molecular weight excluding hydrogens is 212 g/mol. The monoisotopic (exact) mass is 236 g/mol. The van der Waals surface area contributed by atoms with Crippen LogP contribution in [0.5, 0.6) is 0 Å². The van der Waals surface area contributed by atoms with Crippen molar-refractivity contribution in [3.8, 4) is 0 Å². The van der Waals surface area contributed by atoms with Crippen LogP contribution < -0.4 is 5.32 Å². The first-order valence-electron chi connectivity index (χ1n) is 7.19. The van der Waals surface area contributed by atoms with Crippen molar-refractivity contribution in [2.75, 3.05) is 20.1 Å². The molecule has 0 aromatic heterocycles. The third-order valence-electron chi connectivity index (χ3n) is 5.05. The molecule has 0 aliphatic carbocycles. The first-order valence-corrected chi connectivity index (χ1v) is 7.19. The molecule has 2 bridgehead atoms. The Kier molecular flexibility index (Phi) is 3.22. The summed E-state index contributed by atoms with van der Waals surface area (Å²) in [5.74, 6) is 1.68. The maximum absolute atomic E-state index is 12.1. The van der Waals surface area contributed by atoms with E-state index in [0.29, 0.717) is 23.8 Å². The van der Waals surface area contributed by atoms with E-state index in [1.54, 1.807) is 0 Å². The molecule has 1 N–H and O–H groups in total. The molecule has 96 valence electrons. The summed E-state index contributed by atoms with van der Waals surface area (Å²) in [6.45, 7) is 2.43. The van der Waals surface area contributed by atoms with Crippen molar-refractivity contribution in [1.82, 2.24) is 10.2 Å². The van der Waals surface area contributed by atoms with Gasteiger partial charge in [-0.15, -0.1) is 0 Å². The highest BCUT2D eigenvalue weighted by Gasteiger charge is 2.41. The highest BCUT2D eigenvalue weighted by Crippen LogP contribution is 2.34. The number of fused-ring (bicyclic) bond motifs is 2. The van der Waals surface area contributed by atoms with E-state index >= 15 is 0 Å². The molecule has 0 amide bonds. The van der Waals surface area contributed by atoms with Crippen LogP contribution in [0.25, 0.3) is 0 Å². The molecule has 3 atom stereocenters.